The fraction of sp³-hybridized carbons (Fsp3) is 0.605. The first-order valence-corrected chi connectivity index (χ1v) is 17.1. The molecule has 270 valence electrons. The fourth-order valence-corrected chi connectivity index (χ4v) is 6.33. The average Bonchev–Trinajstić information content (AvgIpc) is 3.57. The summed E-state index contributed by atoms with van der Waals surface area (Å²) in [5.74, 6) is 2.03. The number of carbonyl (C=O) groups is 1. The molecule has 3 aliphatic rings. The van der Waals surface area contributed by atoms with Gasteiger partial charge in [-0.25, -0.2) is 0 Å². The second-order valence-corrected chi connectivity index (χ2v) is 13.3. The highest BCUT2D eigenvalue weighted by atomic mass is 19.4. The summed E-state index contributed by atoms with van der Waals surface area (Å²) in [6.45, 7) is 11.7. The fourth-order valence-electron chi connectivity index (χ4n) is 6.33. The highest BCUT2D eigenvalue weighted by molar-refractivity contribution is 5.79. The number of alkyl halides is 4. The Hall–Kier alpha value is -3.11. The first-order chi connectivity index (χ1) is 22.9. The molecule has 0 radical (unpaired) electrons. The predicted molar refractivity (Wildman–Crippen MR) is 190 cm³/mol. The van der Waals surface area contributed by atoms with Crippen LogP contribution in [0.1, 0.15) is 62.5 Å². The van der Waals surface area contributed by atoms with E-state index in [1.807, 2.05) is 67.4 Å². The monoisotopic (exact) mass is 678 g/mol. The standard InChI is InChI=1S/C27H38F3N3O.C7H8O.C3H9N.CH3F/c1-3-4-12-31-13-9-22(19-31)26(34)33-16-10-21(11-17-33)24-6-5-23(27(28,29)30)18-25(24)32-14-7-20(2)8-15-32;1-8-7-5-3-2-4-6-7;1-4(2)3;1-2/h3,5-6,18,20-22H,1,4,7-17,19H2,2H3;2-6H,1H3;1-3H3;1H3. The second kappa shape index (κ2) is 21.1. The zero-order valence-electron chi connectivity index (χ0n) is 29.9. The molecule has 0 aromatic heterocycles. The molecule has 5 rings (SSSR count). The number of likely N-dealkylation sites (tertiary alicyclic amines) is 2. The number of methoxy groups -OCH3 is 1. The van der Waals surface area contributed by atoms with Gasteiger partial charge in [-0.2, -0.15) is 13.2 Å². The molecule has 2 aromatic rings. The first kappa shape index (κ1) is 41.1. The number of hydrogen-bond donors (Lipinski definition) is 0. The van der Waals surface area contributed by atoms with Crippen molar-refractivity contribution >= 4 is 11.6 Å². The van der Waals surface area contributed by atoms with Crippen molar-refractivity contribution in [3.05, 3.63) is 72.3 Å². The molecule has 10 heteroatoms. The Morgan fingerprint density at radius 2 is 1.54 bits per heavy atom. The van der Waals surface area contributed by atoms with Crippen LogP contribution in [-0.2, 0) is 11.0 Å². The van der Waals surface area contributed by atoms with E-state index in [0.717, 1.165) is 88.2 Å². The lowest BCUT2D eigenvalue weighted by molar-refractivity contribution is -0.138. The Morgan fingerprint density at radius 3 is 2.06 bits per heavy atom. The number of piperidine rings is 2. The number of anilines is 1. The number of amides is 1. The summed E-state index contributed by atoms with van der Waals surface area (Å²) in [4.78, 5) is 21.6. The van der Waals surface area contributed by atoms with Crippen LogP contribution >= 0.6 is 0 Å². The number of para-hydroxylation sites is 1. The van der Waals surface area contributed by atoms with Crippen LogP contribution in [0.4, 0.5) is 23.2 Å². The third-order valence-corrected chi connectivity index (χ3v) is 8.98. The lowest BCUT2D eigenvalue weighted by atomic mass is 9.86. The number of nitrogens with zero attached hydrogens (tertiary/aromatic N) is 4. The van der Waals surface area contributed by atoms with E-state index in [2.05, 4.69) is 23.3 Å². The van der Waals surface area contributed by atoms with E-state index in [0.29, 0.717) is 26.2 Å². The van der Waals surface area contributed by atoms with Gasteiger partial charge in [0.15, 0.2) is 0 Å². The summed E-state index contributed by atoms with van der Waals surface area (Å²) in [5, 5.41) is 0. The van der Waals surface area contributed by atoms with E-state index in [9.17, 15) is 22.4 Å². The number of ether oxygens (including phenoxy) is 1. The Morgan fingerprint density at radius 1 is 0.938 bits per heavy atom. The molecule has 0 N–H and O–H groups in total. The van der Waals surface area contributed by atoms with Gasteiger partial charge in [0, 0.05) is 45.0 Å². The molecule has 0 aliphatic carbocycles. The maximum atomic E-state index is 13.5. The van der Waals surface area contributed by atoms with E-state index in [1.54, 1.807) is 13.2 Å². The van der Waals surface area contributed by atoms with Crippen LogP contribution in [0, 0.1) is 11.8 Å². The van der Waals surface area contributed by atoms with E-state index in [1.165, 1.54) is 12.1 Å². The van der Waals surface area contributed by atoms with E-state index in [-0.39, 0.29) is 17.7 Å². The molecule has 1 atom stereocenters. The van der Waals surface area contributed by atoms with Crippen molar-refractivity contribution in [2.75, 3.05) is 86.1 Å². The van der Waals surface area contributed by atoms with Crippen molar-refractivity contribution in [2.24, 2.45) is 11.8 Å². The summed E-state index contributed by atoms with van der Waals surface area (Å²) in [6.07, 6.45) is 3.06. The Balaban J connectivity index is 0.000000479. The molecule has 0 saturated carbocycles. The predicted octanol–water partition coefficient (Wildman–Crippen LogP) is 8.00. The van der Waals surface area contributed by atoms with Gasteiger partial charge in [0.2, 0.25) is 5.91 Å². The molecule has 3 fully saturated rings. The summed E-state index contributed by atoms with van der Waals surface area (Å²) >= 11 is 0. The molecule has 1 unspecified atom stereocenters. The van der Waals surface area contributed by atoms with Crippen LogP contribution < -0.4 is 9.64 Å². The van der Waals surface area contributed by atoms with Gasteiger partial charge < -0.3 is 24.3 Å². The van der Waals surface area contributed by atoms with Crippen molar-refractivity contribution in [1.29, 1.82) is 0 Å². The maximum absolute atomic E-state index is 13.5. The third-order valence-electron chi connectivity index (χ3n) is 8.98. The minimum Gasteiger partial charge on any atom is -0.497 e. The smallest absolute Gasteiger partial charge is 0.416 e. The Labute approximate surface area is 286 Å². The molecule has 6 nitrogen and oxygen atoms in total. The lowest BCUT2D eigenvalue weighted by Gasteiger charge is -2.38. The molecule has 0 spiro atoms. The first-order valence-electron chi connectivity index (χ1n) is 17.1. The van der Waals surface area contributed by atoms with Crippen molar-refractivity contribution in [1.82, 2.24) is 14.7 Å². The maximum Gasteiger partial charge on any atom is 0.416 e. The molecular formula is C38H58F4N4O2. The van der Waals surface area contributed by atoms with Crippen molar-refractivity contribution in [2.45, 2.75) is 57.5 Å². The van der Waals surface area contributed by atoms with E-state index >= 15 is 0 Å². The molecular weight excluding hydrogens is 620 g/mol. The molecule has 48 heavy (non-hydrogen) atoms. The molecule has 1 amide bonds. The van der Waals surface area contributed by atoms with Crippen molar-refractivity contribution in [3.8, 4) is 5.75 Å². The average molecular weight is 679 g/mol. The van der Waals surface area contributed by atoms with E-state index < -0.39 is 11.7 Å². The molecule has 3 heterocycles. The highest BCUT2D eigenvalue weighted by Gasteiger charge is 2.36. The van der Waals surface area contributed by atoms with Crippen LogP contribution in [0.25, 0.3) is 0 Å². The molecule has 2 aromatic carbocycles. The molecule has 3 aliphatic heterocycles. The van der Waals surface area contributed by atoms with Crippen LogP contribution in [0.15, 0.2) is 61.2 Å². The van der Waals surface area contributed by atoms with Crippen LogP contribution in [0.3, 0.4) is 0 Å². The zero-order valence-corrected chi connectivity index (χ0v) is 29.9. The number of benzene rings is 2. The Bertz CT molecular complexity index is 1190. The van der Waals surface area contributed by atoms with Gasteiger partial charge in [-0.05, 0) is 108 Å². The van der Waals surface area contributed by atoms with Gasteiger partial charge in [0.05, 0.1) is 25.8 Å². The Kier molecular flexibility index (Phi) is 18.0. The third kappa shape index (κ3) is 13.4. The van der Waals surface area contributed by atoms with Gasteiger partial charge in [-0.3, -0.25) is 9.18 Å². The van der Waals surface area contributed by atoms with Crippen LogP contribution in [0.2, 0.25) is 0 Å². The van der Waals surface area contributed by atoms with Gasteiger partial charge >= 0.3 is 6.18 Å². The quantitative estimate of drug-likeness (QED) is 0.219. The topological polar surface area (TPSA) is 39.3 Å². The summed E-state index contributed by atoms with van der Waals surface area (Å²) < 4.78 is 54.9. The van der Waals surface area contributed by atoms with Gasteiger partial charge in [-0.1, -0.05) is 37.3 Å². The lowest BCUT2D eigenvalue weighted by Crippen LogP contribution is -2.42. The SMILES string of the molecule is C=CCCN1CCC(C(=O)N2CCC(c3ccc(C(F)(F)F)cc3N3CCC(C)CC3)CC2)C1.CF.CN(C)C.COc1ccccc1. The largest absolute Gasteiger partial charge is 0.497 e. The van der Waals surface area contributed by atoms with Crippen molar-refractivity contribution in [3.63, 3.8) is 0 Å². The number of hydrogen-bond acceptors (Lipinski definition) is 5. The van der Waals surface area contributed by atoms with Crippen LogP contribution in [-0.4, -0.2) is 102 Å². The minimum atomic E-state index is -4.34. The second-order valence-electron chi connectivity index (χ2n) is 13.3. The number of halogens is 4. The van der Waals surface area contributed by atoms with Gasteiger partial charge in [0.25, 0.3) is 0 Å². The summed E-state index contributed by atoms with van der Waals surface area (Å²) in [5.41, 5.74) is 1.20. The van der Waals surface area contributed by atoms with Crippen LogP contribution in [0.5, 0.6) is 5.75 Å². The van der Waals surface area contributed by atoms with Gasteiger partial charge in [0.1, 0.15) is 5.75 Å². The minimum absolute atomic E-state index is 0.0679. The van der Waals surface area contributed by atoms with Gasteiger partial charge in [-0.15, -0.1) is 6.58 Å². The van der Waals surface area contributed by atoms with E-state index in [4.69, 9.17) is 4.74 Å². The summed E-state index contributed by atoms with van der Waals surface area (Å²) in [7, 11) is 8.16. The highest BCUT2D eigenvalue weighted by Crippen LogP contribution is 2.40. The summed E-state index contributed by atoms with van der Waals surface area (Å²) in [6, 6.07) is 14.0. The normalized spacial score (nSPS) is 18.9. The molecule has 3 saturated heterocycles. The number of carbonyl (C=O) groups excluding carboxylic acids is 1. The molecule has 0 bridgehead atoms. The van der Waals surface area contributed by atoms with Crippen molar-refractivity contribution < 1.29 is 27.1 Å². The number of rotatable bonds is 7. The zero-order chi connectivity index (χ0) is 35.7.